The molecule has 0 aromatic heterocycles. The Morgan fingerprint density at radius 1 is 1.70 bits per heavy atom. The first kappa shape index (κ1) is 6.41. The molecule has 0 aromatic carbocycles. The molecule has 56 valence electrons. The number of allylic oxidation sites excluding steroid dienone is 1. The van der Waals surface area contributed by atoms with Gasteiger partial charge in [0.05, 0.1) is 6.10 Å². The van der Waals surface area contributed by atoms with Crippen LogP contribution in [-0.4, -0.2) is 11.2 Å². The van der Waals surface area contributed by atoms with Crippen LogP contribution in [-0.2, 0) is 0 Å². The van der Waals surface area contributed by atoms with E-state index >= 15 is 0 Å². The molecule has 1 N–H and O–H groups in total. The summed E-state index contributed by atoms with van der Waals surface area (Å²) >= 11 is 0. The van der Waals surface area contributed by atoms with Gasteiger partial charge in [0.25, 0.3) is 0 Å². The van der Waals surface area contributed by atoms with Gasteiger partial charge < -0.3 is 5.11 Å². The van der Waals surface area contributed by atoms with Crippen LogP contribution in [0.25, 0.3) is 0 Å². The van der Waals surface area contributed by atoms with Crippen molar-refractivity contribution in [3.05, 3.63) is 11.6 Å². The minimum Gasteiger partial charge on any atom is -0.392 e. The lowest BCUT2D eigenvalue weighted by atomic mass is 9.73. The Morgan fingerprint density at radius 3 is 3.00 bits per heavy atom. The van der Waals surface area contributed by atoms with Gasteiger partial charge in [-0.15, -0.1) is 0 Å². The van der Waals surface area contributed by atoms with Crippen LogP contribution in [0.5, 0.6) is 0 Å². The lowest BCUT2D eigenvalue weighted by Crippen LogP contribution is -2.37. The van der Waals surface area contributed by atoms with Crippen molar-refractivity contribution in [3.63, 3.8) is 0 Å². The van der Waals surface area contributed by atoms with E-state index in [9.17, 15) is 5.11 Å². The highest BCUT2D eigenvalue weighted by molar-refractivity contribution is 5.19. The second kappa shape index (κ2) is 2.09. The summed E-state index contributed by atoms with van der Waals surface area (Å²) in [6.45, 7) is 2.20. The van der Waals surface area contributed by atoms with Crippen molar-refractivity contribution >= 4 is 0 Å². The molecule has 1 heteroatoms. The lowest BCUT2D eigenvalue weighted by Gasteiger charge is -2.35. The first-order chi connectivity index (χ1) is 4.81. The Balaban J connectivity index is 2.05. The number of hydrogen-bond donors (Lipinski definition) is 1. The molecule has 0 saturated heterocycles. The Labute approximate surface area is 61.8 Å². The van der Waals surface area contributed by atoms with E-state index in [1.54, 1.807) is 5.57 Å². The van der Waals surface area contributed by atoms with Gasteiger partial charge >= 0.3 is 0 Å². The molecule has 0 heterocycles. The Hall–Kier alpha value is -0.300. The van der Waals surface area contributed by atoms with Gasteiger partial charge in [-0.3, -0.25) is 0 Å². The van der Waals surface area contributed by atoms with Crippen molar-refractivity contribution < 1.29 is 5.11 Å². The van der Waals surface area contributed by atoms with Gasteiger partial charge in [-0.2, -0.15) is 0 Å². The highest BCUT2D eigenvalue weighted by Gasteiger charge is 2.41. The van der Waals surface area contributed by atoms with Crippen molar-refractivity contribution in [2.45, 2.75) is 32.3 Å². The van der Waals surface area contributed by atoms with Crippen molar-refractivity contribution in [2.24, 2.45) is 11.8 Å². The van der Waals surface area contributed by atoms with Crippen molar-refractivity contribution in [2.75, 3.05) is 0 Å². The van der Waals surface area contributed by atoms with Crippen LogP contribution < -0.4 is 0 Å². The summed E-state index contributed by atoms with van der Waals surface area (Å²) in [7, 11) is 0. The van der Waals surface area contributed by atoms with E-state index in [1.807, 2.05) is 0 Å². The van der Waals surface area contributed by atoms with Crippen LogP contribution in [0, 0.1) is 11.8 Å². The summed E-state index contributed by atoms with van der Waals surface area (Å²) < 4.78 is 0. The van der Waals surface area contributed by atoms with E-state index in [0.717, 1.165) is 12.3 Å². The third-order valence-corrected chi connectivity index (χ3v) is 2.94. The fourth-order valence-corrected chi connectivity index (χ4v) is 2.15. The molecule has 3 unspecified atom stereocenters. The molecule has 0 spiro atoms. The van der Waals surface area contributed by atoms with Gasteiger partial charge in [0.1, 0.15) is 0 Å². The summed E-state index contributed by atoms with van der Waals surface area (Å²) in [6.07, 6.45) is 5.77. The number of aliphatic hydroxyl groups is 1. The summed E-state index contributed by atoms with van der Waals surface area (Å²) in [6, 6.07) is 0. The molecule has 1 saturated carbocycles. The van der Waals surface area contributed by atoms with Gasteiger partial charge in [-0.05, 0) is 25.2 Å². The minimum atomic E-state index is -0.00551. The third-order valence-electron chi connectivity index (χ3n) is 2.94. The van der Waals surface area contributed by atoms with Gasteiger partial charge in [0.2, 0.25) is 0 Å². The van der Waals surface area contributed by atoms with Gasteiger partial charge in [0.15, 0.2) is 0 Å². The molecule has 2 aliphatic carbocycles. The molecule has 0 aliphatic heterocycles. The van der Waals surface area contributed by atoms with E-state index in [0.29, 0.717) is 5.92 Å². The normalized spacial score (nSPS) is 44.2. The summed E-state index contributed by atoms with van der Waals surface area (Å²) in [5, 5.41) is 9.29. The largest absolute Gasteiger partial charge is 0.392 e. The molecule has 1 fully saturated rings. The first-order valence-corrected chi connectivity index (χ1v) is 4.19. The van der Waals surface area contributed by atoms with Crippen LogP contribution >= 0.6 is 0 Å². The fraction of sp³-hybridized carbons (Fsp3) is 0.778. The molecule has 2 rings (SSSR count). The monoisotopic (exact) mass is 138 g/mol. The van der Waals surface area contributed by atoms with Crippen LogP contribution in [0.2, 0.25) is 0 Å². The Bertz CT molecular complexity index is 172. The average molecular weight is 138 g/mol. The lowest BCUT2D eigenvalue weighted by molar-refractivity contribution is 0.00224. The zero-order chi connectivity index (χ0) is 7.14. The predicted molar refractivity (Wildman–Crippen MR) is 40.6 cm³/mol. The molecule has 0 amide bonds. The van der Waals surface area contributed by atoms with Crippen molar-refractivity contribution in [3.8, 4) is 0 Å². The van der Waals surface area contributed by atoms with E-state index < -0.39 is 0 Å². The molecular formula is C9H14O. The maximum atomic E-state index is 9.29. The Morgan fingerprint density at radius 2 is 2.50 bits per heavy atom. The summed E-state index contributed by atoms with van der Waals surface area (Å²) in [5.74, 6) is 1.35. The minimum absolute atomic E-state index is 0.00551. The van der Waals surface area contributed by atoms with E-state index in [1.165, 1.54) is 12.8 Å². The maximum absolute atomic E-state index is 9.29. The number of rotatable bonds is 1. The molecule has 10 heavy (non-hydrogen) atoms. The van der Waals surface area contributed by atoms with Gasteiger partial charge in [-0.25, -0.2) is 0 Å². The fourth-order valence-electron chi connectivity index (χ4n) is 2.15. The van der Waals surface area contributed by atoms with Crippen LogP contribution in [0.1, 0.15) is 26.2 Å². The van der Waals surface area contributed by atoms with E-state index in [-0.39, 0.29) is 6.10 Å². The molecule has 1 nitrogen and oxygen atoms in total. The smallest absolute Gasteiger partial charge is 0.0608 e. The van der Waals surface area contributed by atoms with Crippen LogP contribution in [0.15, 0.2) is 11.6 Å². The number of aliphatic hydroxyl groups excluding tert-OH is 1. The second-order valence-corrected chi connectivity index (χ2v) is 3.52. The highest BCUT2D eigenvalue weighted by Crippen LogP contribution is 2.46. The maximum Gasteiger partial charge on any atom is 0.0608 e. The standard InChI is InChI=1S/C9H14O/c1-2-6-3-7-5-9(10)8(7)4-6/h4,7-10H,2-3,5H2,1H3. The molecule has 0 radical (unpaired) electrons. The predicted octanol–water partition coefficient (Wildman–Crippen LogP) is 1.72. The van der Waals surface area contributed by atoms with Gasteiger partial charge in [0, 0.05) is 5.92 Å². The SMILES string of the molecule is CCC1=CC2C(O)CC2C1. The summed E-state index contributed by atoms with van der Waals surface area (Å²) in [4.78, 5) is 0. The van der Waals surface area contributed by atoms with E-state index in [4.69, 9.17) is 0 Å². The quantitative estimate of drug-likeness (QED) is 0.547. The van der Waals surface area contributed by atoms with Gasteiger partial charge in [-0.1, -0.05) is 18.6 Å². The number of hydrogen-bond acceptors (Lipinski definition) is 1. The average Bonchev–Trinajstić information content (AvgIpc) is 2.26. The highest BCUT2D eigenvalue weighted by atomic mass is 16.3. The topological polar surface area (TPSA) is 20.2 Å². The zero-order valence-corrected chi connectivity index (χ0v) is 6.38. The first-order valence-electron chi connectivity index (χ1n) is 4.19. The van der Waals surface area contributed by atoms with E-state index in [2.05, 4.69) is 13.0 Å². The molecule has 3 atom stereocenters. The van der Waals surface area contributed by atoms with Crippen molar-refractivity contribution in [1.29, 1.82) is 0 Å². The molecule has 0 aromatic rings. The molecule has 2 aliphatic rings. The van der Waals surface area contributed by atoms with Crippen molar-refractivity contribution in [1.82, 2.24) is 0 Å². The van der Waals surface area contributed by atoms with Crippen LogP contribution in [0.3, 0.4) is 0 Å². The summed E-state index contributed by atoms with van der Waals surface area (Å²) in [5.41, 5.74) is 1.56. The molecular weight excluding hydrogens is 124 g/mol. The third kappa shape index (κ3) is 0.734. The Kier molecular flexibility index (Phi) is 1.34. The zero-order valence-electron chi connectivity index (χ0n) is 6.38. The molecule has 0 bridgehead atoms. The number of fused-ring (bicyclic) bond motifs is 1. The van der Waals surface area contributed by atoms with Crippen LogP contribution in [0.4, 0.5) is 0 Å². The second-order valence-electron chi connectivity index (χ2n) is 3.52.